The number of nitrogens with zero attached hydrogens (tertiary/aromatic N) is 3. The molecule has 2 aromatic carbocycles. The highest BCUT2D eigenvalue weighted by molar-refractivity contribution is 5.91. The quantitative estimate of drug-likeness (QED) is 0.506. The Balaban J connectivity index is 1.80. The number of para-hydroxylation sites is 1. The van der Waals surface area contributed by atoms with Gasteiger partial charge in [-0.2, -0.15) is 5.26 Å². The number of nitriles is 1. The molecule has 0 radical (unpaired) electrons. The molecule has 132 valence electrons. The van der Waals surface area contributed by atoms with Crippen molar-refractivity contribution >= 4 is 22.7 Å². The number of H-pyrrole nitrogens is 1. The minimum Gasteiger partial charge on any atom is -0.337 e. The molecule has 0 aliphatic heterocycles. The lowest BCUT2D eigenvalue weighted by molar-refractivity contribution is 0.964. The first-order chi connectivity index (χ1) is 13.1. The topological polar surface area (TPSA) is 57.4 Å². The number of hydrogen-bond acceptors (Lipinski definition) is 2. The van der Waals surface area contributed by atoms with Gasteiger partial charge < -0.3 is 9.55 Å². The Morgan fingerprint density at radius 1 is 1.07 bits per heavy atom. The van der Waals surface area contributed by atoms with Crippen LogP contribution in [-0.4, -0.2) is 14.5 Å². The predicted octanol–water partition coefficient (Wildman–Crippen LogP) is 5.34. The van der Waals surface area contributed by atoms with E-state index in [4.69, 9.17) is 0 Å². The average Bonchev–Trinajstić information content (AvgIpc) is 3.20. The number of fused-ring (bicyclic) bond motifs is 1. The van der Waals surface area contributed by atoms with Gasteiger partial charge in [0.05, 0.1) is 16.6 Å². The van der Waals surface area contributed by atoms with Crippen molar-refractivity contribution in [3.05, 3.63) is 82.9 Å². The van der Waals surface area contributed by atoms with Crippen LogP contribution in [0.1, 0.15) is 28.3 Å². The molecule has 0 atom stereocenters. The molecule has 0 spiro atoms. The van der Waals surface area contributed by atoms with Gasteiger partial charge >= 0.3 is 0 Å². The van der Waals surface area contributed by atoms with Crippen LogP contribution in [0, 0.1) is 32.1 Å². The Hall–Kier alpha value is -3.58. The van der Waals surface area contributed by atoms with Gasteiger partial charge in [-0.3, -0.25) is 0 Å². The number of rotatable bonds is 3. The summed E-state index contributed by atoms with van der Waals surface area (Å²) in [5.41, 5.74) is 7.85. The summed E-state index contributed by atoms with van der Waals surface area (Å²) in [6.07, 6.45) is 1.91. The predicted molar refractivity (Wildman–Crippen MR) is 110 cm³/mol. The smallest absolute Gasteiger partial charge is 0.149 e. The van der Waals surface area contributed by atoms with E-state index in [0.717, 1.165) is 39.2 Å². The molecule has 2 heterocycles. The Labute approximate surface area is 158 Å². The summed E-state index contributed by atoms with van der Waals surface area (Å²) in [5, 5.41) is 9.72. The fourth-order valence-corrected chi connectivity index (χ4v) is 3.47. The Kier molecular flexibility index (Phi) is 4.13. The lowest BCUT2D eigenvalue weighted by Gasteiger charge is -2.09. The first-order valence-corrected chi connectivity index (χ1v) is 8.90. The van der Waals surface area contributed by atoms with E-state index in [-0.39, 0.29) is 0 Å². The van der Waals surface area contributed by atoms with Crippen molar-refractivity contribution in [3.8, 4) is 11.8 Å². The van der Waals surface area contributed by atoms with Crippen molar-refractivity contribution in [1.82, 2.24) is 14.5 Å². The number of nitrogens with one attached hydrogen (secondary N) is 1. The number of aromatic amines is 1. The van der Waals surface area contributed by atoms with Gasteiger partial charge in [0.15, 0.2) is 0 Å². The molecule has 0 saturated heterocycles. The number of hydrogen-bond donors (Lipinski definition) is 1. The molecule has 0 saturated carbocycles. The number of allylic oxidation sites excluding steroid dienone is 1. The fraction of sp³-hybridized carbons (Fsp3) is 0.130. The largest absolute Gasteiger partial charge is 0.337 e. The molecule has 0 amide bonds. The van der Waals surface area contributed by atoms with Crippen LogP contribution < -0.4 is 0 Å². The summed E-state index contributed by atoms with van der Waals surface area (Å²) in [6.45, 7) is 6.19. The molecule has 27 heavy (non-hydrogen) atoms. The van der Waals surface area contributed by atoms with Crippen molar-refractivity contribution in [1.29, 1.82) is 5.26 Å². The van der Waals surface area contributed by atoms with Crippen LogP contribution in [0.4, 0.5) is 0 Å². The molecular formula is C23H20N4. The first-order valence-electron chi connectivity index (χ1n) is 8.90. The molecule has 0 aliphatic rings. The summed E-state index contributed by atoms with van der Waals surface area (Å²) in [5.74, 6) is 0.600. The van der Waals surface area contributed by atoms with E-state index in [0.29, 0.717) is 11.4 Å². The zero-order valence-electron chi connectivity index (χ0n) is 15.6. The third-order valence-electron chi connectivity index (χ3n) is 4.80. The van der Waals surface area contributed by atoms with E-state index in [1.165, 1.54) is 0 Å². The number of aryl methyl sites for hydroxylation is 2. The lowest BCUT2D eigenvalue weighted by Crippen LogP contribution is -1.98. The van der Waals surface area contributed by atoms with Crippen LogP contribution in [0.3, 0.4) is 0 Å². The van der Waals surface area contributed by atoms with Crippen LogP contribution >= 0.6 is 0 Å². The molecule has 0 bridgehead atoms. The van der Waals surface area contributed by atoms with Gasteiger partial charge in [-0.25, -0.2) is 4.98 Å². The molecule has 0 fully saturated rings. The maximum Gasteiger partial charge on any atom is 0.149 e. The summed E-state index contributed by atoms with van der Waals surface area (Å²) in [6, 6.07) is 20.7. The zero-order valence-corrected chi connectivity index (χ0v) is 15.6. The van der Waals surface area contributed by atoms with Crippen LogP contribution in [-0.2, 0) is 0 Å². The van der Waals surface area contributed by atoms with Crippen molar-refractivity contribution in [2.75, 3.05) is 0 Å². The Morgan fingerprint density at radius 2 is 1.85 bits per heavy atom. The second-order valence-electron chi connectivity index (χ2n) is 6.77. The molecular weight excluding hydrogens is 332 g/mol. The summed E-state index contributed by atoms with van der Waals surface area (Å²) >= 11 is 0. The monoisotopic (exact) mass is 352 g/mol. The molecule has 4 rings (SSSR count). The van der Waals surface area contributed by atoms with Crippen molar-refractivity contribution < 1.29 is 0 Å². The van der Waals surface area contributed by atoms with Gasteiger partial charge in [0, 0.05) is 17.1 Å². The molecule has 4 nitrogen and oxygen atoms in total. The number of aromatic nitrogens is 3. The van der Waals surface area contributed by atoms with Crippen LogP contribution in [0.25, 0.3) is 28.4 Å². The van der Waals surface area contributed by atoms with E-state index >= 15 is 0 Å². The van der Waals surface area contributed by atoms with Gasteiger partial charge in [-0.15, -0.1) is 0 Å². The Bertz CT molecular complexity index is 1200. The highest BCUT2D eigenvalue weighted by Gasteiger charge is 2.13. The normalized spacial score (nSPS) is 11.7. The second-order valence-corrected chi connectivity index (χ2v) is 6.77. The van der Waals surface area contributed by atoms with E-state index in [1.807, 2.05) is 49.4 Å². The molecule has 2 aromatic heterocycles. The summed E-state index contributed by atoms with van der Waals surface area (Å²) < 4.78 is 2.20. The molecule has 0 unspecified atom stereocenters. The average molecular weight is 352 g/mol. The SMILES string of the molecule is Cc1ccc2nc(/C(C#N)=C/c3cc(C)n(-c4ccccc4)c3C)[nH]c2c1. The minimum absolute atomic E-state index is 0.525. The first kappa shape index (κ1) is 16.9. The van der Waals surface area contributed by atoms with Crippen molar-refractivity contribution in [2.45, 2.75) is 20.8 Å². The van der Waals surface area contributed by atoms with Crippen LogP contribution in [0.15, 0.2) is 54.6 Å². The third-order valence-corrected chi connectivity index (χ3v) is 4.80. The van der Waals surface area contributed by atoms with Gasteiger partial charge in [-0.1, -0.05) is 24.3 Å². The maximum atomic E-state index is 9.72. The van der Waals surface area contributed by atoms with Gasteiger partial charge in [0.2, 0.25) is 0 Å². The molecule has 0 aliphatic carbocycles. The van der Waals surface area contributed by atoms with E-state index < -0.39 is 0 Å². The standard InChI is InChI=1S/C23H20N4/c1-15-9-10-21-22(11-15)26-23(25-21)19(14-24)13-18-12-16(2)27(17(18)3)20-7-5-4-6-8-20/h4-13H,1-3H3,(H,25,26)/b19-13+. The zero-order chi connectivity index (χ0) is 19.0. The van der Waals surface area contributed by atoms with Gasteiger partial charge in [0.25, 0.3) is 0 Å². The van der Waals surface area contributed by atoms with Crippen LogP contribution in [0.2, 0.25) is 0 Å². The third kappa shape index (κ3) is 3.04. The van der Waals surface area contributed by atoms with E-state index in [9.17, 15) is 5.26 Å². The van der Waals surface area contributed by atoms with Gasteiger partial charge in [0.1, 0.15) is 11.9 Å². The van der Waals surface area contributed by atoms with E-state index in [2.05, 4.69) is 52.7 Å². The minimum atomic E-state index is 0.525. The molecule has 4 heteroatoms. The second kappa shape index (κ2) is 6.62. The molecule has 4 aromatic rings. The van der Waals surface area contributed by atoms with Crippen molar-refractivity contribution in [2.24, 2.45) is 0 Å². The highest BCUT2D eigenvalue weighted by atomic mass is 15.0. The molecule has 1 N–H and O–H groups in total. The summed E-state index contributed by atoms with van der Waals surface area (Å²) in [7, 11) is 0. The van der Waals surface area contributed by atoms with Gasteiger partial charge in [-0.05, 0) is 68.3 Å². The number of imidazole rings is 1. The maximum absolute atomic E-state index is 9.72. The van der Waals surface area contributed by atoms with Crippen molar-refractivity contribution in [3.63, 3.8) is 0 Å². The summed E-state index contributed by atoms with van der Waals surface area (Å²) in [4.78, 5) is 7.86. The lowest BCUT2D eigenvalue weighted by atomic mass is 10.1. The number of benzene rings is 2. The van der Waals surface area contributed by atoms with Crippen LogP contribution in [0.5, 0.6) is 0 Å². The fourth-order valence-electron chi connectivity index (χ4n) is 3.47. The Morgan fingerprint density at radius 3 is 2.59 bits per heavy atom. The van der Waals surface area contributed by atoms with E-state index in [1.54, 1.807) is 0 Å². The highest BCUT2D eigenvalue weighted by Crippen LogP contribution is 2.25.